The third kappa shape index (κ3) is 2.81. The predicted octanol–water partition coefficient (Wildman–Crippen LogP) is 2.97. The average Bonchev–Trinajstić information content (AvgIpc) is 2.39. The standard InChI is InChI=1S/C12H15BrN2O3/c1-18-10-4-6-14(7-5-10)11-3-2-9(13)8-12(11)15(16)17/h2-3,8,10H,4-7H2,1H3. The lowest BCUT2D eigenvalue weighted by Crippen LogP contribution is -2.36. The van der Waals surface area contributed by atoms with E-state index in [1.165, 1.54) is 0 Å². The molecule has 1 aliphatic heterocycles. The molecule has 1 saturated heterocycles. The molecule has 0 atom stereocenters. The number of halogens is 1. The molecular weight excluding hydrogens is 300 g/mol. The average molecular weight is 315 g/mol. The molecule has 18 heavy (non-hydrogen) atoms. The minimum absolute atomic E-state index is 0.153. The molecule has 0 N–H and O–H groups in total. The monoisotopic (exact) mass is 314 g/mol. The van der Waals surface area contributed by atoms with Gasteiger partial charge in [-0.15, -0.1) is 0 Å². The molecule has 0 aromatic heterocycles. The van der Waals surface area contributed by atoms with Crippen LogP contribution < -0.4 is 4.90 Å². The maximum Gasteiger partial charge on any atom is 0.293 e. The van der Waals surface area contributed by atoms with Crippen LogP contribution in [0.15, 0.2) is 22.7 Å². The molecular formula is C12H15BrN2O3. The fourth-order valence-electron chi connectivity index (χ4n) is 2.24. The zero-order valence-electron chi connectivity index (χ0n) is 10.1. The van der Waals surface area contributed by atoms with Crippen molar-refractivity contribution in [2.45, 2.75) is 18.9 Å². The maximum atomic E-state index is 11.1. The fourth-order valence-corrected chi connectivity index (χ4v) is 2.59. The molecule has 0 spiro atoms. The van der Waals surface area contributed by atoms with Gasteiger partial charge in [0.25, 0.3) is 5.69 Å². The van der Waals surface area contributed by atoms with Gasteiger partial charge in [-0.1, -0.05) is 15.9 Å². The van der Waals surface area contributed by atoms with Crippen molar-refractivity contribution in [3.8, 4) is 0 Å². The van der Waals surface area contributed by atoms with E-state index in [-0.39, 0.29) is 16.7 Å². The molecule has 1 heterocycles. The van der Waals surface area contributed by atoms with Crippen molar-refractivity contribution in [2.75, 3.05) is 25.1 Å². The first kappa shape index (κ1) is 13.3. The molecule has 2 rings (SSSR count). The van der Waals surface area contributed by atoms with Gasteiger partial charge < -0.3 is 9.64 Å². The Balaban J connectivity index is 2.21. The normalized spacial score (nSPS) is 16.9. The number of nitrogens with zero attached hydrogens (tertiary/aromatic N) is 2. The molecule has 1 aromatic carbocycles. The third-order valence-corrected chi connectivity index (χ3v) is 3.74. The van der Waals surface area contributed by atoms with Crippen LogP contribution in [-0.2, 0) is 4.74 Å². The van der Waals surface area contributed by atoms with E-state index in [2.05, 4.69) is 20.8 Å². The second-order valence-electron chi connectivity index (χ2n) is 4.31. The number of nitro groups is 1. The van der Waals surface area contributed by atoms with Gasteiger partial charge in [0.05, 0.1) is 11.0 Å². The molecule has 0 aliphatic carbocycles. The predicted molar refractivity (Wildman–Crippen MR) is 73.0 cm³/mol. The van der Waals surface area contributed by atoms with Gasteiger partial charge in [0.2, 0.25) is 0 Å². The number of hydrogen-bond donors (Lipinski definition) is 0. The highest BCUT2D eigenvalue weighted by Crippen LogP contribution is 2.33. The van der Waals surface area contributed by atoms with E-state index in [0.717, 1.165) is 30.4 Å². The van der Waals surface area contributed by atoms with E-state index < -0.39 is 0 Å². The van der Waals surface area contributed by atoms with E-state index in [1.807, 2.05) is 6.07 Å². The van der Waals surface area contributed by atoms with E-state index >= 15 is 0 Å². The highest BCUT2D eigenvalue weighted by Gasteiger charge is 2.24. The summed E-state index contributed by atoms with van der Waals surface area (Å²) in [5.41, 5.74) is 0.845. The molecule has 0 radical (unpaired) electrons. The SMILES string of the molecule is COC1CCN(c2ccc(Br)cc2[N+](=O)[O-])CC1. The number of nitro benzene ring substituents is 1. The first-order chi connectivity index (χ1) is 8.61. The van der Waals surface area contributed by atoms with Crippen molar-refractivity contribution in [1.29, 1.82) is 0 Å². The van der Waals surface area contributed by atoms with Crippen molar-refractivity contribution in [1.82, 2.24) is 0 Å². The molecule has 98 valence electrons. The molecule has 1 aromatic rings. The van der Waals surface area contributed by atoms with Gasteiger partial charge in [-0.2, -0.15) is 0 Å². The Kier molecular flexibility index (Phi) is 4.19. The smallest absolute Gasteiger partial charge is 0.293 e. The van der Waals surface area contributed by atoms with Crippen LogP contribution in [0, 0.1) is 10.1 Å². The van der Waals surface area contributed by atoms with Crippen LogP contribution >= 0.6 is 15.9 Å². The third-order valence-electron chi connectivity index (χ3n) is 3.25. The zero-order chi connectivity index (χ0) is 13.1. The number of ether oxygens (including phenoxy) is 1. The zero-order valence-corrected chi connectivity index (χ0v) is 11.7. The minimum Gasteiger partial charge on any atom is -0.381 e. The van der Waals surface area contributed by atoms with E-state index in [0.29, 0.717) is 5.69 Å². The van der Waals surface area contributed by atoms with E-state index in [4.69, 9.17) is 4.74 Å². The van der Waals surface area contributed by atoms with Gasteiger partial charge in [-0.05, 0) is 25.0 Å². The highest BCUT2D eigenvalue weighted by molar-refractivity contribution is 9.10. The Morgan fingerprint density at radius 2 is 2.11 bits per heavy atom. The number of piperidine rings is 1. The topological polar surface area (TPSA) is 55.6 Å². The molecule has 0 saturated carbocycles. The van der Waals surface area contributed by atoms with Gasteiger partial charge >= 0.3 is 0 Å². The van der Waals surface area contributed by atoms with Crippen LogP contribution in [-0.4, -0.2) is 31.2 Å². The number of methoxy groups -OCH3 is 1. The summed E-state index contributed by atoms with van der Waals surface area (Å²) in [6, 6.07) is 5.19. The second kappa shape index (κ2) is 5.67. The van der Waals surface area contributed by atoms with Gasteiger partial charge in [0.1, 0.15) is 5.69 Å². The van der Waals surface area contributed by atoms with E-state index in [1.54, 1.807) is 19.2 Å². The molecule has 6 heteroatoms. The van der Waals surface area contributed by atoms with Crippen LogP contribution in [0.2, 0.25) is 0 Å². The van der Waals surface area contributed by atoms with Crippen molar-refractivity contribution < 1.29 is 9.66 Å². The lowest BCUT2D eigenvalue weighted by molar-refractivity contribution is -0.384. The highest BCUT2D eigenvalue weighted by atomic mass is 79.9. The second-order valence-corrected chi connectivity index (χ2v) is 5.23. The molecule has 1 fully saturated rings. The summed E-state index contributed by atoms with van der Waals surface area (Å²) >= 11 is 3.27. The quantitative estimate of drug-likeness (QED) is 0.635. The van der Waals surface area contributed by atoms with Crippen molar-refractivity contribution >= 4 is 27.3 Å². The van der Waals surface area contributed by atoms with Crippen molar-refractivity contribution in [3.63, 3.8) is 0 Å². The molecule has 0 bridgehead atoms. The number of hydrogen-bond acceptors (Lipinski definition) is 4. The largest absolute Gasteiger partial charge is 0.381 e. The van der Waals surface area contributed by atoms with Crippen molar-refractivity contribution in [3.05, 3.63) is 32.8 Å². The lowest BCUT2D eigenvalue weighted by Gasteiger charge is -2.32. The van der Waals surface area contributed by atoms with Crippen LogP contribution in [0.25, 0.3) is 0 Å². The molecule has 0 unspecified atom stereocenters. The van der Waals surface area contributed by atoms with Crippen LogP contribution in [0.5, 0.6) is 0 Å². The summed E-state index contributed by atoms with van der Waals surface area (Å²) in [6.07, 6.45) is 2.09. The summed E-state index contributed by atoms with van der Waals surface area (Å²) in [6.45, 7) is 1.59. The van der Waals surface area contributed by atoms with Gasteiger partial charge in [-0.3, -0.25) is 10.1 Å². The fraction of sp³-hybridized carbons (Fsp3) is 0.500. The maximum absolute atomic E-state index is 11.1. The Bertz CT molecular complexity index is 445. The Morgan fingerprint density at radius 1 is 1.44 bits per heavy atom. The minimum atomic E-state index is -0.331. The summed E-state index contributed by atoms with van der Waals surface area (Å²) in [5, 5.41) is 11.1. The molecule has 0 amide bonds. The number of rotatable bonds is 3. The Morgan fingerprint density at radius 3 is 2.67 bits per heavy atom. The van der Waals surface area contributed by atoms with Gasteiger partial charge in [-0.25, -0.2) is 0 Å². The van der Waals surface area contributed by atoms with Crippen molar-refractivity contribution in [2.24, 2.45) is 0 Å². The lowest BCUT2D eigenvalue weighted by atomic mass is 10.1. The van der Waals surface area contributed by atoms with Crippen LogP contribution in [0.1, 0.15) is 12.8 Å². The van der Waals surface area contributed by atoms with Gasteiger partial charge in [0, 0.05) is 30.7 Å². The first-order valence-electron chi connectivity index (χ1n) is 5.83. The van der Waals surface area contributed by atoms with Crippen LogP contribution in [0.3, 0.4) is 0 Å². The van der Waals surface area contributed by atoms with Gasteiger partial charge in [0.15, 0.2) is 0 Å². The Hall–Kier alpha value is -1.14. The first-order valence-corrected chi connectivity index (χ1v) is 6.63. The Labute approximate surface area is 114 Å². The summed E-state index contributed by atoms with van der Waals surface area (Å²) in [7, 11) is 1.71. The number of anilines is 1. The molecule has 1 aliphatic rings. The summed E-state index contributed by atoms with van der Waals surface area (Å²) < 4.78 is 6.03. The van der Waals surface area contributed by atoms with Crippen LogP contribution in [0.4, 0.5) is 11.4 Å². The molecule has 5 nitrogen and oxygen atoms in total. The summed E-state index contributed by atoms with van der Waals surface area (Å²) in [4.78, 5) is 12.8. The van der Waals surface area contributed by atoms with E-state index in [9.17, 15) is 10.1 Å². The summed E-state index contributed by atoms with van der Waals surface area (Å²) in [5.74, 6) is 0. The number of benzene rings is 1.